The lowest BCUT2D eigenvalue weighted by molar-refractivity contribution is 0.0619. The van der Waals surface area contributed by atoms with Crippen molar-refractivity contribution < 1.29 is 13.9 Å². The molecule has 0 saturated carbocycles. The molecule has 4 aliphatic rings. The monoisotopic (exact) mass is 404 g/mol. The standard InChI is InChI=1S/C20H25FN4O2S/c1-27-13-6-9-25(10-13)16-3-2-14-18(23-28-19(14)17(16)21)20(26)22-15-11-24-7-4-12(15)5-8-24/h2-3,12-13,15H,4-11H2,1H3,(H,22,26)/t13-,15?/m0/s1. The third-order valence-electron chi connectivity index (χ3n) is 6.57. The molecule has 150 valence electrons. The molecule has 0 radical (unpaired) electrons. The van der Waals surface area contributed by atoms with E-state index in [1.807, 2.05) is 11.0 Å². The number of carbonyl (C=O) groups excluding carboxylic acids is 1. The second-order valence-electron chi connectivity index (χ2n) is 8.12. The molecule has 28 heavy (non-hydrogen) atoms. The molecule has 2 atom stereocenters. The van der Waals surface area contributed by atoms with E-state index in [0.717, 1.165) is 57.0 Å². The van der Waals surface area contributed by atoms with Crippen LogP contribution in [0.4, 0.5) is 10.1 Å². The van der Waals surface area contributed by atoms with Gasteiger partial charge < -0.3 is 19.9 Å². The molecule has 1 aromatic heterocycles. The van der Waals surface area contributed by atoms with Gasteiger partial charge in [-0.2, -0.15) is 4.37 Å². The molecule has 6 nitrogen and oxygen atoms in total. The summed E-state index contributed by atoms with van der Waals surface area (Å²) in [5.74, 6) is 0.0810. The fourth-order valence-electron chi connectivity index (χ4n) is 4.87. The molecule has 6 rings (SSSR count). The van der Waals surface area contributed by atoms with Gasteiger partial charge in [-0.3, -0.25) is 4.79 Å². The van der Waals surface area contributed by atoms with Gasteiger partial charge in [-0.15, -0.1) is 0 Å². The van der Waals surface area contributed by atoms with Crippen molar-refractivity contribution in [2.24, 2.45) is 5.92 Å². The number of fused-ring (bicyclic) bond motifs is 4. The van der Waals surface area contributed by atoms with Gasteiger partial charge >= 0.3 is 0 Å². The fourth-order valence-corrected chi connectivity index (χ4v) is 5.69. The highest BCUT2D eigenvalue weighted by Crippen LogP contribution is 2.34. The number of hydrogen-bond acceptors (Lipinski definition) is 6. The van der Waals surface area contributed by atoms with Crippen molar-refractivity contribution in [1.82, 2.24) is 14.6 Å². The zero-order valence-corrected chi connectivity index (χ0v) is 16.8. The Labute approximate surface area is 167 Å². The van der Waals surface area contributed by atoms with E-state index in [-0.39, 0.29) is 23.9 Å². The minimum Gasteiger partial charge on any atom is -0.380 e. The van der Waals surface area contributed by atoms with E-state index < -0.39 is 0 Å². The first-order valence-electron chi connectivity index (χ1n) is 10.0. The molecule has 1 aromatic carbocycles. The van der Waals surface area contributed by atoms with Gasteiger partial charge in [0.25, 0.3) is 5.91 Å². The Morgan fingerprint density at radius 3 is 2.75 bits per heavy atom. The zero-order chi connectivity index (χ0) is 19.3. The summed E-state index contributed by atoms with van der Waals surface area (Å²) < 4.78 is 25.3. The average molecular weight is 405 g/mol. The first kappa shape index (κ1) is 18.3. The van der Waals surface area contributed by atoms with E-state index in [0.29, 0.717) is 33.9 Å². The van der Waals surface area contributed by atoms with Crippen LogP contribution in [-0.2, 0) is 4.74 Å². The van der Waals surface area contributed by atoms with Crippen LogP contribution in [0.1, 0.15) is 29.8 Å². The molecular weight excluding hydrogens is 379 g/mol. The summed E-state index contributed by atoms with van der Waals surface area (Å²) in [6.07, 6.45) is 3.31. The number of amides is 1. The number of anilines is 1. The molecule has 2 aromatic rings. The summed E-state index contributed by atoms with van der Waals surface area (Å²) in [5, 5.41) is 3.77. The maximum atomic E-state index is 15.2. The van der Waals surface area contributed by atoms with E-state index in [1.165, 1.54) is 0 Å². The molecule has 0 aliphatic carbocycles. The highest BCUT2D eigenvalue weighted by molar-refractivity contribution is 7.13. The van der Waals surface area contributed by atoms with Crippen molar-refractivity contribution in [1.29, 1.82) is 0 Å². The highest BCUT2D eigenvalue weighted by Gasteiger charge is 2.35. The van der Waals surface area contributed by atoms with Gasteiger partial charge in [-0.05, 0) is 61.9 Å². The Morgan fingerprint density at radius 1 is 1.25 bits per heavy atom. The molecule has 8 heteroatoms. The van der Waals surface area contributed by atoms with Gasteiger partial charge in [0.1, 0.15) is 5.69 Å². The van der Waals surface area contributed by atoms with Crippen molar-refractivity contribution in [3.63, 3.8) is 0 Å². The summed E-state index contributed by atoms with van der Waals surface area (Å²) in [6, 6.07) is 3.78. The quantitative estimate of drug-likeness (QED) is 0.849. The number of nitrogens with zero attached hydrogens (tertiary/aromatic N) is 3. The number of carbonyl (C=O) groups is 1. The Balaban J connectivity index is 1.37. The Bertz CT molecular complexity index is 896. The lowest BCUT2D eigenvalue weighted by atomic mass is 9.84. The van der Waals surface area contributed by atoms with Crippen LogP contribution in [0.2, 0.25) is 0 Å². The van der Waals surface area contributed by atoms with Crippen LogP contribution < -0.4 is 10.2 Å². The topological polar surface area (TPSA) is 57.7 Å². The first-order chi connectivity index (χ1) is 13.6. The lowest BCUT2D eigenvalue weighted by Gasteiger charge is -2.44. The van der Waals surface area contributed by atoms with Crippen molar-refractivity contribution in [3.8, 4) is 0 Å². The van der Waals surface area contributed by atoms with Crippen LogP contribution in [0.3, 0.4) is 0 Å². The smallest absolute Gasteiger partial charge is 0.271 e. The van der Waals surface area contributed by atoms with Crippen molar-refractivity contribution in [2.45, 2.75) is 31.4 Å². The molecule has 2 bridgehead atoms. The summed E-state index contributed by atoms with van der Waals surface area (Å²) in [7, 11) is 1.69. The number of hydrogen-bond donors (Lipinski definition) is 1. The van der Waals surface area contributed by atoms with Crippen molar-refractivity contribution >= 4 is 33.2 Å². The SMILES string of the molecule is CO[C@H]1CCN(c2ccc3c(C(=O)NC4CN5CCC4CC5)nsc3c2F)C1. The van der Waals surface area contributed by atoms with Crippen LogP contribution in [-0.4, -0.2) is 67.2 Å². The van der Waals surface area contributed by atoms with Gasteiger partial charge in [0.05, 0.1) is 16.5 Å². The third kappa shape index (κ3) is 3.07. The second kappa shape index (κ2) is 7.24. The second-order valence-corrected chi connectivity index (χ2v) is 8.89. The Morgan fingerprint density at radius 2 is 2.07 bits per heavy atom. The van der Waals surface area contributed by atoms with E-state index in [4.69, 9.17) is 4.74 Å². The lowest BCUT2D eigenvalue weighted by Crippen LogP contribution is -2.57. The molecule has 1 amide bonds. The number of benzene rings is 1. The minimum atomic E-state index is -0.284. The minimum absolute atomic E-state index is 0.138. The average Bonchev–Trinajstić information content (AvgIpc) is 3.36. The van der Waals surface area contributed by atoms with Crippen LogP contribution in [0.25, 0.3) is 10.1 Å². The zero-order valence-electron chi connectivity index (χ0n) is 16.0. The van der Waals surface area contributed by atoms with E-state index in [2.05, 4.69) is 14.6 Å². The van der Waals surface area contributed by atoms with Crippen LogP contribution in [0.5, 0.6) is 0 Å². The van der Waals surface area contributed by atoms with Crippen LogP contribution in [0.15, 0.2) is 12.1 Å². The predicted octanol–water partition coefficient (Wildman–Crippen LogP) is 2.48. The number of aromatic nitrogens is 1. The normalized spacial score (nSPS) is 29.6. The molecule has 4 aliphatic heterocycles. The number of ether oxygens (including phenoxy) is 1. The molecule has 1 unspecified atom stereocenters. The summed E-state index contributed by atoms with van der Waals surface area (Å²) in [6.45, 7) is 4.63. The van der Waals surface area contributed by atoms with Gasteiger partial charge in [0, 0.05) is 38.2 Å². The van der Waals surface area contributed by atoms with Gasteiger partial charge in [0.15, 0.2) is 5.82 Å². The van der Waals surface area contributed by atoms with Crippen LogP contribution in [0, 0.1) is 11.7 Å². The molecule has 4 saturated heterocycles. The molecule has 4 fully saturated rings. The fraction of sp³-hybridized carbons (Fsp3) is 0.600. The summed E-state index contributed by atoms with van der Waals surface area (Å²) in [4.78, 5) is 17.3. The van der Waals surface area contributed by atoms with Gasteiger partial charge in [-0.25, -0.2) is 4.39 Å². The molecular formula is C20H25FN4O2S. The number of rotatable bonds is 4. The molecule has 1 N–H and O–H groups in total. The maximum absolute atomic E-state index is 15.2. The Hall–Kier alpha value is -1.77. The van der Waals surface area contributed by atoms with Crippen molar-refractivity contribution in [2.75, 3.05) is 44.7 Å². The maximum Gasteiger partial charge on any atom is 0.271 e. The first-order valence-corrected chi connectivity index (χ1v) is 10.8. The third-order valence-corrected chi connectivity index (χ3v) is 7.42. The number of halogens is 1. The predicted molar refractivity (Wildman–Crippen MR) is 108 cm³/mol. The molecule has 0 spiro atoms. The highest BCUT2D eigenvalue weighted by atomic mass is 32.1. The van der Waals surface area contributed by atoms with Crippen LogP contribution >= 0.6 is 11.5 Å². The summed E-state index contributed by atoms with van der Waals surface area (Å²) in [5.41, 5.74) is 0.915. The van der Waals surface area contributed by atoms with E-state index >= 15 is 4.39 Å². The van der Waals surface area contributed by atoms with Crippen molar-refractivity contribution in [3.05, 3.63) is 23.6 Å². The number of nitrogens with one attached hydrogen (secondary N) is 1. The number of methoxy groups -OCH3 is 1. The van der Waals surface area contributed by atoms with E-state index in [1.54, 1.807) is 13.2 Å². The molecule has 5 heterocycles. The summed E-state index contributed by atoms with van der Waals surface area (Å²) >= 11 is 1.07. The van der Waals surface area contributed by atoms with E-state index in [9.17, 15) is 4.79 Å². The van der Waals surface area contributed by atoms with Gasteiger partial charge in [-0.1, -0.05) is 0 Å². The van der Waals surface area contributed by atoms with Gasteiger partial charge in [0.2, 0.25) is 0 Å². The Kier molecular flexibility index (Phi) is 4.72. The largest absolute Gasteiger partial charge is 0.380 e. The number of piperidine rings is 3.